The van der Waals surface area contributed by atoms with Gasteiger partial charge in [-0.25, -0.2) is 4.99 Å². The summed E-state index contributed by atoms with van der Waals surface area (Å²) in [4.78, 5) is 7.19. The van der Waals surface area contributed by atoms with E-state index in [4.69, 9.17) is 19.2 Å². The van der Waals surface area contributed by atoms with E-state index in [9.17, 15) is 0 Å². The predicted octanol–water partition coefficient (Wildman–Crippen LogP) is 3.53. The molecular formula is C19H32IN3O3. The standard InChI is InChI=1S/C19H31N3O3.HI/c1-6-20-19(22-9-7-8-14(2)13-22)21-12-16-17(24-4)10-15(23-3)11-18(16)25-5;/h10-11,14H,6-9,12-13H2,1-5H3,(H,20,21);1H. The van der Waals surface area contributed by atoms with Crippen LogP contribution in [-0.4, -0.2) is 51.8 Å². The summed E-state index contributed by atoms with van der Waals surface area (Å²) in [6.45, 7) is 7.82. The number of benzene rings is 1. The molecule has 1 atom stereocenters. The molecule has 2 rings (SSSR count). The molecule has 0 spiro atoms. The monoisotopic (exact) mass is 477 g/mol. The molecule has 0 bridgehead atoms. The summed E-state index contributed by atoms with van der Waals surface area (Å²) >= 11 is 0. The third kappa shape index (κ3) is 5.82. The Morgan fingerprint density at radius 3 is 2.35 bits per heavy atom. The van der Waals surface area contributed by atoms with Crippen molar-refractivity contribution < 1.29 is 14.2 Å². The first kappa shape index (κ1) is 22.7. The molecule has 0 saturated carbocycles. The third-order valence-electron chi connectivity index (χ3n) is 4.50. The predicted molar refractivity (Wildman–Crippen MR) is 116 cm³/mol. The van der Waals surface area contributed by atoms with Crippen molar-refractivity contribution in [2.75, 3.05) is 41.0 Å². The van der Waals surface area contributed by atoms with Gasteiger partial charge in [0.2, 0.25) is 0 Å². The maximum absolute atomic E-state index is 5.52. The molecule has 1 fully saturated rings. The molecule has 1 saturated heterocycles. The Bertz CT molecular complexity index is 570. The molecule has 0 radical (unpaired) electrons. The number of halogens is 1. The van der Waals surface area contributed by atoms with Crippen LogP contribution in [0.2, 0.25) is 0 Å². The van der Waals surface area contributed by atoms with Crippen molar-refractivity contribution in [2.45, 2.75) is 33.2 Å². The van der Waals surface area contributed by atoms with Crippen molar-refractivity contribution in [3.8, 4) is 17.2 Å². The van der Waals surface area contributed by atoms with Gasteiger partial charge in [0.05, 0.1) is 33.4 Å². The van der Waals surface area contributed by atoms with Crippen LogP contribution in [0.15, 0.2) is 17.1 Å². The fourth-order valence-electron chi connectivity index (χ4n) is 3.20. The molecule has 1 N–H and O–H groups in total. The lowest BCUT2D eigenvalue weighted by molar-refractivity contribution is 0.266. The molecule has 0 aromatic heterocycles. The van der Waals surface area contributed by atoms with Crippen molar-refractivity contribution in [3.63, 3.8) is 0 Å². The summed E-state index contributed by atoms with van der Waals surface area (Å²) in [6, 6.07) is 3.73. The summed E-state index contributed by atoms with van der Waals surface area (Å²) in [6.07, 6.45) is 2.50. The van der Waals surface area contributed by atoms with Crippen molar-refractivity contribution in [3.05, 3.63) is 17.7 Å². The number of guanidine groups is 1. The lowest BCUT2D eigenvalue weighted by atomic mass is 10.0. The maximum atomic E-state index is 5.52. The Morgan fingerprint density at radius 2 is 1.85 bits per heavy atom. The Labute approximate surface area is 174 Å². The highest BCUT2D eigenvalue weighted by Crippen LogP contribution is 2.34. The Morgan fingerprint density at radius 1 is 1.19 bits per heavy atom. The van der Waals surface area contributed by atoms with Crippen molar-refractivity contribution in [1.82, 2.24) is 10.2 Å². The second-order valence-corrected chi connectivity index (χ2v) is 6.37. The largest absolute Gasteiger partial charge is 0.496 e. The maximum Gasteiger partial charge on any atom is 0.194 e. The molecule has 1 aromatic carbocycles. The molecule has 0 amide bonds. The van der Waals surface area contributed by atoms with E-state index in [0.29, 0.717) is 18.2 Å². The van der Waals surface area contributed by atoms with Gasteiger partial charge in [0.25, 0.3) is 0 Å². The molecule has 1 unspecified atom stereocenters. The quantitative estimate of drug-likeness (QED) is 0.386. The molecule has 1 aromatic rings. The zero-order chi connectivity index (χ0) is 18.2. The van der Waals surface area contributed by atoms with Gasteiger partial charge in [-0.1, -0.05) is 6.92 Å². The van der Waals surface area contributed by atoms with Gasteiger partial charge in [-0.05, 0) is 25.7 Å². The first-order valence-corrected chi connectivity index (χ1v) is 8.95. The first-order valence-electron chi connectivity index (χ1n) is 8.95. The first-order chi connectivity index (χ1) is 12.1. The van der Waals surface area contributed by atoms with Crippen LogP contribution < -0.4 is 19.5 Å². The fourth-order valence-corrected chi connectivity index (χ4v) is 3.20. The summed E-state index contributed by atoms with van der Waals surface area (Å²) in [7, 11) is 4.94. The van der Waals surface area contributed by atoms with Crippen LogP contribution in [-0.2, 0) is 6.54 Å². The normalized spacial score (nSPS) is 17.3. The average Bonchev–Trinajstić information content (AvgIpc) is 2.64. The molecule has 1 aliphatic rings. The lowest BCUT2D eigenvalue weighted by Crippen LogP contribution is -2.46. The highest BCUT2D eigenvalue weighted by atomic mass is 127. The minimum Gasteiger partial charge on any atom is -0.496 e. The average molecular weight is 477 g/mol. The molecule has 6 nitrogen and oxygen atoms in total. The van der Waals surface area contributed by atoms with Gasteiger partial charge in [-0.3, -0.25) is 0 Å². The van der Waals surface area contributed by atoms with Gasteiger partial charge in [0.15, 0.2) is 5.96 Å². The summed E-state index contributed by atoms with van der Waals surface area (Å²) < 4.78 is 16.4. The number of ether oxygens (including phenoxy) is 3. The van der Waals surface area contributed by atoms with Crippen LogP contribution in [0.1, 0.15) is 32.3 Å². The van der Waals surface area contributed by atoms with Gasteiger partial charge < -0.3 is 24.4 Å². The molecule has 7 heteroatoms. The molecular weight excluding hydrogens is 445 g/mol. The number of piperidine rings is 1. The van der Waals surface area contributed by atoms with E-state index in [0.717, 1.165) is 42.7 Å². The summed E-state index contributed by atoms with van der Waals surface area (Å²) in [5.74, 6) is 3.81. The second-order valence-electron chi connectivity index (χ2n) is 6.37. The minimum absolute atomic E-state index is 0. The number of nitrogens with one attached hydrogen (secondary N) is 1. The van der Waals surface area contributed by atoms with Crippen LogP contribution in [0.25, 0.3) is 0 Å². The zero-order valence-corrected chi connectivity index (χ0v) is 18.8. The third-order valence-corrected chi connectivity index (χ3v) is 4.50. The van der Waals surface area contributed by atoms with E-state index in [2.05, 4.69) is 24.1 Å². The molecule has 26 heavy (non-hydrogen) atoms. The topological polar surface area (TPSA) is 55.3 Å². The Hall–Kier alpha value is -1.38. The highest BCUT2D eigenvalue weighted by Gasteiger charge is 2.20. The number of hydrogen-bond acceptors (Lipinski definition) is 4. The summed E-state index contributed by atoms with van der Waals surface area (Å²) in [5.41, 5.74) is 0.922. The Balaban J connectivity index is 0.00000338. The van der Waals surface area contributed by atoms with Crippen LogP contribution in [0, 0.1) is 5.92 Å². The number of aliphatic imine (C=N–C) groups is 1. The lowest BCUT2D eigenvalue weighted by Gasteiger charge is -2.33. The fraction of sp³-hybridized carbons (Fsp3) is 0.632. The molecule has 1 aliphatic heterocycles. The number of rotatable bonds is 6. The van der Waals surface area contributed by atoms with Crippen molar-refractivity contribution in [1.29, 1.82) is 0 Å². The van der Waals surface area contributed by atoms with Gasteiger partial charge in [-0.15, -0.1) is 24.0 Å². The molecule has 1 heterocycles. The second kappa shape index (κ2) is 11.4. The van der Waals surface area contributed by atoms with Gasteiger partial charge in [-0.2, -0.15) is 0 Å². The zero-order valence-electron chi connectivity index (χ0n) is 16.5. The number of likely N-dealkylation sites (tertiary alicyclic amines) is 1. The molecule has 148 valence electrons. The number of hydrogen-bond donors (Lipinski definition) is 1. The van der Waals surface area contributed by atoms with Crippen molar-refractivity contribution >= 4 is 29.9 Å². The Kier molecular flexibility index (Phi) is 9.90. The van der Waals surface area contributed by atoms with E-state index in [1.807, 2.05) is 12.1 Å². The van der Waals surface area contributed by atoms with Crippen molar-refractivity contribution in [2.24, 2.45) is 10.9 Å². The summed E-state index contributed by atoms with van der Waals surface area (Å²) in [5, 5.41) is 3.41. The van der Waals surface area contributed by atoms with Gasteiger partial charge in [0.1, 0.15) is 17.2 Å². The molecule has 0 aliphatic carbocycles. The van der Waals surface area contributed by atoms with Crippen LogP contribution in [0.4, 0.5) is 0 Å². The van der Waals surface area contributed by atoms with Crippen LogP contribution in [0.5, 0.6) is 17.2 Å². The minimum atomic E-state index is 0. The van der Waals surface area contributed by atoms with Crippen LogP contribution >= 0.6 is 24.0 Å². The van der Waals surface area contributed by atoms with Gasteiger partial charge >= 0.3 is 0 Å². The SMILES string of the molecule is CCNC(=NCc1c(OC)cc(OC)cc1OC)N1CCCC(C)C1.I. The van der Waals surface area contributed by atoms with E-state index in [1.54, 1.807) is 21.3 Å². The highest BCUT2D eigenvalue weighted by molar-refractivity contribution is 14.0. The van der Waals surface area contributed by atoms with E-state index < -0.39 is 0 Å². The number of nitrogens with zero attached hydrogens (tertiary/aromatic N) is 2. The number of methoxy groups -OCH3 is 3. The van der Waals surface area contributed by atoms with E-state index in [1.165, 1.54) is 12.8 Å². The van der Waals surface area contributed by atoms with E-state index >= 15 is 0 Å². The van der Waals surface area contributed by atoms with E-state index in [-0.39, 0.29) is 24.0 Å². The van der Waals surface area contributed by atoms with Gasteiger partial charge in [0, 0.05) is 31.8 Å². The van der Waals surface area contributed by atoms with Crippen LogP contribution in [0.3, 0.4) is 0 Å². The smallest absolute Gasteiger partial charge is 0.194 e.